The number of amides is 1. The molecule has 0 aromatic heterocycles. The molecule has 1 heterocycles. The van der Waals surface area contributed by atoms with E-state index >= 15 is 0 Å². The lowest BCUT2D eigenvalue weighted by molar-refractivity contribution is -0.143. The number of guanidine groups is 1. The summed E-state index contributed by atoms with van der Waals surface area (Å²) >= 11 is 0. The van der Waals surface area contributed by atoms with Crippen LogP contribution in [-0.2, 0) is 14.3 Å². The van der Waals surface area contributed by atoms with Gasteiger partial charge in [0.2, 0.25) is 5.91 Å². The van der Waals surface area contributed by atoms with E-state index in [1.54, 1.807) is 7.05 Å². The van der Waals surface area contributed by atoms with Crippen LogP contribution in [0.2, 0.25) is 0 Å². The number of hydrogen-bond acceptors (Lipinski definition) is 4. The molecule has 27 heavy (non-hydrogen) atoms. The first-order valence-electron chi connectivity index (χ1n) is 10.4. The van der Waals surface area contributed by atoms with Gasteiger partial charge >= 0.3 is 5.97 Å². The number of carbonyl (C=O) groups excluding carboxylic acids is 2. The number of rotatable bonds is 11. The molecule has 1 amide bonds. The standard InChI is InChI=1S/C20H38N4O3/c1-5-27-18(25)11-9-7-6-8-10-13-22-20(21-4)23-17-12-14-24(15-17)19(26)16(2)3/h16-17H,5-15H2,1-4H3,(H2,21,22,23). The highest BCUT2D eigenvalue weighted by Gasteiger charge is 2.27. The van der Waals surface area contributed by atoms with E-state index in [4.69, 9.17) is 4.74 Å². The van der Waals surface area contributed by atoms with Gasteiger partial charge in [-0.05, 0) is 26.2 Å². The third-order valence-electron chi connectivity index (χ3n) is 4.71. The summed E-state index contributed by atoms with van der Waals surface area (Å²) < 4.78 is 4.92. The second kappa shape index (κ2) is 13.4. The molecule has 0 saturated carbocycles. The Morgan fingerprint density at radius 2 is 1.89 bits per heavy atom. The van der Waals surface area contributed by atoms with E-state index in [0.29, 0.717) is 13.0 Å². The monoisotopic (exact) mass is 382 g/mol. The van der Waals surface area contributed by atoms with E-state index in [1.807, 2.05) is 25.7 Å². The number of nitrogens with one attached hydrogen (secondary N) is 2. The van der Waals surface area contributed by atoms with Crippen molar-refractivity contribution in [3.63, 3.8) is 0 Å². The molecular weight excluding hydrogens is 344 g/mol. The Bertz CT molecular complexity index is 480. The second-order valence-corrected chi connectivity index (χ2v) is 7.39. The maximum absolute atomic E-state index is 12.1. The van der Waals surface area contributed by atoms with Crippen molar-refractivity contribution in [2.75, 3.05) is 33.3 Å². The first kappa shape index (κ1) is 23.2. The molecule has 0 bridgehead atoms. The van der Waals surface area contributed by atoms with Crippen LogP contribution in [0.3, 0.4) is 0 Å². The van der Waals surface area contributed by atoms with Crippen LogP contribution in [0.4, 0.5) is 0 Å². The largest absolute Gasteiger partial charge is 0.466 e. The second-order valence-electron chi connectivity index (χ2n) is 7.39. The Balaban J connectivity index is 2.09. The topological polar surface area (TPSA) is 83.0 Å². The van der Waals surface area contributed by atoms with Crippen LogP contribution in [0.25, 0.3) is 0 Å². The van der Waals surface area contributed by atoms with E-state index in [1.165, 1.54) is 0 Å². The highest BCUT2D eigenvalue weighted by molar-refractivity contribution is 5.81. The fourth-order valence-electron chi connectivity index (χ4n) is 3.20. The number of ether oxygens (including phenoxy) is 1. The minimum absolute atomic E-state index is 0.0541. The summed E-state index contributed by atoms with van der Waals surface area (Å²) in [6.07, 6.45) is 6.79. The molecule has 0 radical (unpaired) electrons. The van der Waals surface area contributed by atoms with Gasteiger partial charge in [-0.15, -0.1) is 0 Å². The molecule has 0 aliphatic carbocycles. The molecule has 7 nitrogen and oxygen atoms in total. The van der Waals surface area contributed by atoms with Gasteiger partial charge in [0.05, 0.1) is 6.61 Å². The first-order chi connectivity index (χ1) is 13.0. The highest BCUT2D eigenvalue weighted by atomic mass is 16.5. The zero-order chi connectivity index (χ0) is 20.1. The average molecular weight is 383 g/mol. The summed E-state index contributed by atoms with van der Waals surface area (Å²) in [6, 6.07) is 0.266. The smallest absolute Gasteiger partial charge is 0.305 e. The van der Waals surface area contributed by atoms with Crippen molar-refractivity contribution in [1.29, 1.82) is 0 Å². The summed E-state index contributed by atoms with van der Waals surface area (Å²) in [5, 5.41) is 6.77. The number of esters is 1. The van der Waals surface area contributed by atoms with Gasteiger partial charge in [0.1, 0.15) is 0 Å². The summed E-state index contributed by atoms with van der Waals surface area (Å²) in [7, 11) is 1.77. The van der Waals surface area contributed by atoms with Crippen LogP contribution in [0.5, 0.6) is 0 Å². The van der Waals surface area contributed by atoms with Crippen LogP contribution in [0.15, 0.2) is 4.99 Å². The van der Waals surface area contributed by atoms with Gasteiger partial charge in [-0.3, -0.25) is 14.6 Å². The highest BCUT2D eigenvalue weighted by Crippen LogP contribution is 2.12. The molecule has 1 unspecified atom stereocenters. The van der Waals surface area contributed by atoms with Gasteiger partial charge in [0.25, 0.3) is 0 Å². The predicted molar refractivity (Wildman–Crippen MR) is 109 cm³/mol. The number of hydrogen-bond donors (Lipinski definition) is 2. The number of aliphatic imine (C=N–C) groups is 1. The molecule has 1 saturated heterocycles. The van der Waals surface area contributed by atoms with E-state index in [-0.39, 0.29) is 23.8 Å². The summed E-state index contributed by atoms with van der Waals surface area (Å²) in [4.78, 5) is 29.5. The summed E-state index contributed by atoms with van der Waals surface area (Å²) in [5.74, 6) is 0.999. The van der Waals surface area contributed by atoms with Crippen molar-refractivity contribution in [3.8, 4) is 0 Å². The summed E-state index contributed by atoms with van der Waals surface area (Å²) in [6.45, 7) is 8.63. The van der Waals surface area contributed by atoms with Gasteiger partial charge in [0.15, 0.2) is 5.96 Å². The number of nitrogens with zero attached hydrogens (tertiary/aromatic N) is 2. The van der Waals surface area contributed by atoms with Crippen molar-refractivity contribution in [2.45, 2.75) is 71.8 Å². The zero-order valence-electron chi connectivity index (χ0n) is 17.6. The van der Waals surface area contributed by atoms with Gasteiger partial charge in [0, 0.05) is 45.1 Å². The van der Waals surface area contributed by atoms with Crippen LogP contribution in [0.1, 0.15) is 65.7 Å². The van der Waals surface area contributed by atoms with Crippen molar-refractivity contribution < 1.29 is 14.3 Å². The fraction of sp³-hybridized carbons (Fsp3) is 0.850. The zero-order valence-corrected chi connectivity index (χ0v) is 17.6. The van der Waals surface area contributed by atoms with Gasteiger partial charge in [-0.25, -0.2) is 0 Å². The maximum Gasteiger partial charge on any atom is 0.305 e. The van der Waals surface area contributed by atoms with E-state index in [9.17, 15) is 9.59 Å². The van der Waals surface area contributed by atoms with Crippen LogP contribution in [-0.4, -0.2) is 62.1 Å². The molecule has 7 heteroatoms. The molecule has 0 spiro atoms. The molecule has 1 aliphatic rings. The van der Waals surface area contributed by atoms with Crippen molar-refractivity contribution in [3.05, 3.63) is 0 Å². The normalized spacial score (nSPS) is 17.3. The van der Waals surface area contributed by atoms with E-state index < -0.39 is 0 Å². The van der Waals surface area contributed by atoms with Crippen LogP contribution < -0.4 is 10.6 Å². The van der Waals surface area contributed by atoms with Crippen molar-refractivity contribution in [1.82, 2.24) is 15.5 Å². The Labute approximate surface area is 164 Å². The van der Waals surface area contributed by atoms with Crippen LogP contribution in [0, 0.1) is 5.92 Å². The fourth-order valence-corrected chi connectivity index (χ4v) is 3.20. The Morgan fingerprint density at radius 3 is 2.56 bits per heavy atom. The lowest BCUT2D eigenvalue weighted by atomic mass is 10.1. The Kier molecular flexibility index (Phi) is 11.5. The minimum Gasteiger partial charge on any atom is -0.466 e. The van der Waals surface area contributed by atoms with Gasteiger partial charge < -0.3 is 20.3 Å². The number of likely N-dealkylation sites (tertiary alicyclic amines) is 1. The van der Waals surface area contributed by atoms with Gasteiger partial charge in [-0.2, -0.15) is 0 Å². The summed E-state index contributed by atoms with van der Waals surface area (Å²) in [5.41, 5.74) is 0. The van der Waals surface area contributed by atoms with E-state index in [2.05, 4.69) is 15.6 Å². The van der Waals surface area contributed by atoms with Crippen LogP contribution >= 0.6 is 0 Å². The first-order valence-corrected chi connectivity index (χ1v) is 10.4. The Hall–Kier alpha value is -1.79. The molecule has 0 aromatic rings. The number of carbonyl (C=O) groups is 2. The molecule has 2 N–H and O–H groups in total. The quantitative estimate of drug-likeness (QED) is 0.248. The third kappa shape index (κ3) is 9.63. The van der Waals surface area contributed by atoms with E-state index in [0.717, 1.165) is 64.1 Å². The minimum atomic E-state index is -0.0883. The molecule has 1 atom stereocenters. The molecule has 0 aromatic carbocycles. The maximum atomic E-state index is 12.1. The van der Waals surface area contributed by atoms with Crippen molar-refractivity contribution >= 4 is 17.8 Å². The predicted octanol–water partition coefficient (Wildman–Crippen LogP) is 2.31. The molecule has 1 aliphatic heterocycles. The SMILES string of the molecule is CCOC(=O)CCCCCCCNC(=NC)NC1CCN(C(=O)C(C)C)C1. The number of unbranched alkanes of at least 4 members (excludes halogenated alkanes) is 4. The lowest BCUT2D eigenvalue weighted by Gasteiger charge is -2.20. The average Bonchev–Trinajstić information content (AvgIpc) is 3.10. The Morgan fingerprint density at radius 1 is 1.19 bits per heavy atom. The molecular formula is C20H38N4O3. The van der Waals surface area contributed by atoms with Crippen molar-refractivity contribution in [2.24, 2.45) is 10.9 Å². The molecule has 1 fully saturated rings. The molecule has 156 valence electrons. The third-order valence-corrected chi connectivity index (χ3v) is 4.71. The van der Waals surface area contributed by atoms with Gasteiger partial charge in [-0.1, -0.05) is 33.1 Å². The molecule has 1 rings (SSSR count). The lowest BCUT2D eigenvalue weighted by Crippen LogP contribution is -2.45.